The molecule has 6 rings (SSSR count). The maximum absolute atomic E-state index is 14.4. The minimum atomic E-state index is -8.63. The summed E-state index contributed by atoms with van der Waals surface area (Å²) in [5.74, 6) is -113. The van der Waals surface area contributed by atoms with Crippen LogP contribution in [0.2, 0.25) is 0 Å². The molecule has 95 heavy (non-hydrogen) atoms. The molecule has 6 aromatic rings. The molecule has 0 amide bonds. The van der Waals surface area contributed by atoms with Crippen LogP contribution in [0, 0.1) is 0 Å². The maximum atomic E-state index is 14.4. The molecule has 0 spiro atoms. The summed E-state index contributed by atoms with van der Waals surface area (Å²) in [5, 5.41) is 4.36. The Morgan fingerprint density at radius 3 is 0.537 bits per heavy atom. The normalized spacial score (nSPS) is 14.1. The van der Waals surface area contributed by atoms with Gasteiger partial charge in [-0.15, -0.1) is 0 Å². The number of aryl methyl sites for hydroxylation is 2. The van der Waals surface area contributed by atoms with Gasteiger partial charge in [-0.25, -0.2) is 0 Å². The van der Waals surface area contributed by atoms with Gasteiger partial charge in [-0.1, -0.05) is 170 Å². The van der Waals surface area contributed by atoms with Crippen LogP contribution in [0.5, 0.6) is 0 Å². The first-order valence-corrected chi connectivity index (χ1v) is 27.7. The first-order chi connectivity index (χ1) is 41.6. The van der Waals surface area contributed by atoms with E-state index in [1.165, 1.54) is 24.3 Å². The monoisotopic (exact) mass is 1590 g/mol. The Morgan fingerprint density at radius 1 is 0.200 bits per heavy atom. The average molecular weight is 1590 g/mol. The van der Waals surface area contributed by atoms with E-state index in [2.05, 4.69) is 0 Å². The summed E-state index contributed by atoms with van der Waals surface area (Å²) in [6.07, 6.45) is -23.2. The van der Waals surface area contributed by atoms with Crippen molar-refractivity contribution in [2.24, 2.45) is 0 Å². The molecule has 0 aromatic heterocycles. The fourth-order valence-electron chi connectivity index (χ4n) is 8.14. The van der Waals surface area contributed by atoms with Gasteiger partial charge in [0.15, 0.2) is 0 Å². The topological polar surface area (TPSA) is 0 Å². The molecule has 0 saturated carbocycles. The molecular formula is C56H36Cl2F34P2Pd. The van der Waals surface area contributed by atoms with E-state index in [1.54, 1.807) is 121 Å². The van der Waals surface area contributed by atoms with Gasteiger partial charge in [-0.3, -0.25) is 0 Å². The van der Waals surface area contributed by atoms with Crippen molar-refractivity contribution in [3.63, 3.8) is 0 Å². The van der Waals surface area contributed by atoms with E-state index in [0.29, 0.717) is 10.6 Å². The molecule has 0 radical (unpaired) electrons. The van der Waals surface area contributed by atoms with Gasteiger partial charge in [0.05, 0.1) is 0 Å². The van der Waals surface area contributed by atoms with Crippen molar-refractivity contribution in [2.45, 2.75) is 121 Å². The van der Waals surface area contributed by atoms with Crippen LogP contribution >= 0.6 is 15.8 Å². The van der Waals surface area contributed by atoms with E-state index in [-0.39, 0.29) is 56.4 Å². The summed E-state index contributed by atoms with van der Waals surface area (Å²) in [6.45, 7) is 0. The standard InChI is InChI=1S/2C28H18F17P.2ClH.Pd/c2*29-21(30,22(31,32)23(33,34)24(35,36)25(37,38)26(39,40)27(41,42)28(43,44)45)16-15-17-11-13-20(14-12-17)46(18-7-3-1-4-8-18)19-9-5-2-6-10-19;;;/h2*1-14H,15-16H2;2*1H;/q;;;;+2/p-2. The molecule has 39 heteroatoms. The third kappa shape index (κ3) is 15.4. The zero-order valence-electron chi connectivity index (χ0n) is 45.8. The second-order valence-corrected chi connectivity index (χ2v) is 24.1. The van der Waals surface area contributed by atoms with E-state index in [4.69, 9.17) is 0 Å². The van der Waals surface area contributed by atoms with Gasteiger partial charge >= 0.3 is 116 Å². The van der Waals surface area contributed by atoms with Gasteiger partial charge in [-0.2, -0.15) is 149 Å². The number of rotatable bonds is 24. The van der Waals surface area contributed by atoms with Crippen LogP contribution in [-0.4, -0.2) is 95.3 Å². The van der Waals surface area contributed by atoms with Crippen molar-refractivity contribution in [2.75, 3.05) is 0 Å². The minimum absolute atomic E-state index is 0. The second kappa shape index (κ2) is 29.5. The number of hydrogen-bond acceptors (Lipinski definition) is 0. The van der Waals surface area contributed by atoms with Crippen LogP contribution in [0.15, 0.2) is 170 Å². The second-order valence-electron chi connectivity index (χ2n) is 19.6. The van der Waals surface area contributed by atoms with Crippen LogP contribution in [-0.2, 0) is 33.3 Å². The molecule has 0 bridgehead atoms. The third-order valence-corrected chi connectivity index (χ3v) is 18.4. The molecule has 0 atom stereocenters. The van der Waals surface area contributed by atoms with Crippen molar-refractivity contribution in [1.29, 1.82) is 0 Å². The Balaban J connectivity index is 0.000000627. The predicted molar refractivity (Wildman–Crippen MR) is 268 cm³/mol. The molecule has 6 aromatic carbocycles. The Labute approximate surface area is 542 Å². The zero-order valence-corrected chi connectivity index (χ0v) is 50.7. The van der Waals surface area contributed by atoms with E-state index < -0.39 is 137 Å². The quantitative estimate of drug-likeness (QED) is 0.0322. The van der Waals surface area contributed by atoms with E-state index >= 15 is 0 Å². The molecule has 0 saturated heterocycles. The first-order valence-electron chi connectivity index (χ1n) is 25.0. The van der Waals surface area contributed by atoms with Crippen LogP contribution < -0.4 is 56.6 Å². The Bertz CT molecular complexity index is 3070. The van der Waals surface area contributed by atoms with E-state index in [9.17, 15) is 149 Å². The molecule has 0 N–H and O–H groups in total. The van der Waals surface area contributed by atoms with Crippen LogP contribution in [0.25, 0.3) is 0 Å². The number of hydrogen-bond donors (Lipinski definition) is 0. The largest absolute Gasteiger partial charge is 2.00 e. The predicted octanol–water partition coefficient (Wildman–Crippen LogP) is 12.8. The minimum Gasteiger partial charge on any atom is -1.00 e. The van der Waals surface area contributed by atoms with Crippen molar-refractivity contribution >= 4 is 47.7 Å². The summed E-state index contributed by atoms with van der Waals surface area (Å²) in [4.78, 5) is 0. The van der Waals surface area contributed by atoms with Crippen LogP contribution in [0.3, 0.4) is 0 Å². The van der Waals surface area contributed by atoms with Crippen molar-refractivity contribution < 1.29 is 195 Å². The van der Waals surface area contributed by atoms with Crippen molar-refractivity contribution in [3.05, 3.63) is 181 Å². The van der Waals surface area contributed by atoms with Gasteiger partial charge in [-0.05, 0) is 71.6 Å². The van der Waals surface area contributed by atoms with Gasteiger partial charge < -0.3 is 24.8 Å². The smallest absolute Gasteiger partial charge is 1.00 e. The van der Waals surface area contributed by atoms with Gasteiger partial charge in [0.25, 0.3) is 0 Å². The van der Waals surface area contributed by atoms with Gasteiger partial charge in [0, 0.05) is 12.8 Å². The summed E-state index contributed by atoms with van der Waals surface area (Å²) < 4.78 is 459. The number of alkyl halides is 34. The van der Waals surface area contributed by atoms with Gasteiger partial charge in [0.1, 0.15) is 0 Å². The Hall–Kier alpha value is -4.96. The van der Waals surface area contributed by atoms with E-state index in [1.807, 2.05) is 0 Å². The van der Waals surface area contributed by atoms with E-state index in [0.717, 1.165) is 45.5 Å². The summed E-state index contributed by atoms with van der Waals surface area (Å²) in [6, 6.07) is 44.6. The van der Waals surface area contributed by atoms with Gasteiger partial charge in [0.2, 0.25) is 0 Å². The zero-order chi connectivity index (χ0) is 70.4. The van der Waals surface area contributed by atoms with Crippen molar-refractivity contribution in [3.8, 4) is 0 Å². The van der Waals surface area contributed by atoms with Crippen LogP contribution in [0.4, 0.5) is 149 Å². The summed E-state index contributed by atoms with van der Waals surface area (Å²) in [5.41, 5.74) is -0.598. The molecule has 0 heterocycles. The number of benzene rings is 6. The van der Waals surface area contributed by atoms with Crippen LogP contribution in [0.1, 0.15) is 24.0 Å². The molecule has 0 nitrogen and oxygen atoms in total. The SMILES string of the molecule is FC(F)(F)C(F)(F)C(F)(F)C(F)(F)C(F)(F)C(F)(F)C(F)(F)C(F)(F)CCc1ccc(P(c2ccccc2)c2ccccc2)cc1.FC(F)(F)C(F)(F)C(F)(F)C(F)(F)C(F)(F)C(F)(F)C(F)(F)C(F)(F)CCc1ccc(P(c2ccccc2)c2ccccc2)cc1.[Cl-].[Cl-].[Pd+2]. The number of halogens is 36. The maximum Gasteiger partial charge on any atom is 2.00 e. The average Bonchev–Trinajstić information content (AvgIpc) is 0.703. The molecule has 0 fully saturated rings. The Kier molecular flexibility index (Phi) is 26.7. The fraction of sp³-hybridized carbons (Fsp3) is 0.357. The molecular weight excluding hydrogens is 1560 g/mol. The fourth-order valence-corrected chi connectivity index (χ4v) is 12.7. The molecule has 0 unspecified atom stereocenters. The summed E-state index contributed by atoms with van der Waals surface area (Å²) >= 11 is 0. The molecule has 0 aliphatic carbocycles. The third-order valence-electron chi connectivity index (χ3n) is 13.5. The Morgan fingerprint density at radius 2 is 0.358 bits per heavy atom. The summed E-state index contributed by atoms with van der Waals surface area (Å²) in [7, 11) is -2.56. The molecule has 0 aliphatic rings. The molecule has 532 valence electrons. The first kappa shape index (κ1) is 86.1. The van der Waals surface area contributed by atoms with Crippen molar-refractivity contribution in [1.82, 2.24) is 0 Å². The molecule has 0 aliphatic heterocycles.